The van der Waals surface area contributed by atoms with Crippen LogP contribution < -0.4 is 5.73 Å². The van der Waals surface area contributed by atoms with E-state index >= 15 is 0 Å². The lowest BCUT2D eigenvalue weighted by molar-refractivity contribution is -0.137. The second-order valence-electron chi connectivity index (χ2n) is 6.72. The molecule has 0 fully saturated rings. The van der Waals surface area contributed by atoms with Crippen LogP contribution in [0.1, 0.15) is 29.2 Å². The molecule has 0 bridgehead atoms. The lowest BCUT2D eigenvalue weighted by Gasteiger charge is -2.36. The maximum Gasteiger partial charge on any atom is 0.321 e. The van der Waals surface area contributed by atoms with Crippen molar-refractivity contribution in [1.29, 1.82) is 0 Å². The number of carboxylic acids is 1. The number of nitrogens with two attached hydrogens (primary N) is 1. The van der Waals surface area contributed by atoms with Gasteiger partial charge in [-0.15, -0.1) is 11.8 Å². The van der Waals surface area contributed by atoms with Crippen LogP contribution in [-0.4, -0.2) is 22.9 Å². The fourth-order valence-corrected chi connectivity index (χ4v) is 4.84. The molecule has 0 aliphatic carbocycles. The molecule has 4 heteroatoms. The molecule has 0 aliphatic heterocycles. The zero-order chi connectivity index (χ0) is 20.0. The fraction of sp³-hybridized carbons (Fsp3) is 0.208. The van der Waals surface area contributed by atoms with E-state index < -0.39 is 16.8 Å². The number of aliphatic carboxylic acids is 1. The Labute approximate surface area is 170 Å². The van der Waals surface area contributed by atoms with Crippen molar-refractivity contribution in [1.82, 2.24) is 0 Å². The molecule has 0 unspecified atom stereocenters. The normalized spacial score (nSPS) is 12.5. The SMILES string of the molecule is CCc1ccc(C(SC[C@H](N)C(=O)O)(c2ccccc2)c2ccccc2)cc1. The van der Waals surface area contributed by atoms with Gasteiger partial charge in [0.1, 0.15) is 6.04 Å². The number of thioether (sulfide) groups is 1. The van der Waals surface area contributed by atoms with E-state index in [1.54, 1.807) is 11.8 Å². The third kappa shape index (κ3) is 4.13. The van der Waals surface area contributed by atoms with Gasteiger partial charge in [0.05, 0.1) is 4.75 Å². The van der Waals surface area contributed by atoms with E-state index in [1.807, 2.05) is 36.4 Å². The Kier molecular flexibility index (Phi) is 6.55. The number of hydrogen-bond acceptors (Lipinski definition) is 3. The van der Waals surface area contributed by atoms with Gasteiger partial charge in [0.2, 0.25) is 0 Å². The number of carboxylic acid groups (broad SMARTS) is 1. The summed E-state index contributed by atoms with van der Waals surface area (Å²) in [4.78, 5) is 11.4. The molecule has 3 aromatic rings. The minimum Gasteiger partial charge on any atom is -0.480 e. The number of rotatable bonds is 8. The van der Waals surface area contributed by atoms with Gasteiger partial charge >= 0.3 is 5.97 Å². The molecule has 0 aliphatic rings. The summed E-state index contributed by atoms with van der Waals surface area (Å²) in [6.07, 6.45) is 0.973. The van der Waals surface area contributed by atoms with Gasteiger partial charge in [-0.1, -0.05) is 91.9 Å². The predicted molar refractivity (Wildman–Crippen MR) is 117 cm³/mol. The molecule has 28 heavy (non-hydrogen) atoms. The molecule has 3 aromatic carbocycles. The van der Waals surface area contributed by atoms with Crippen LogP contribution in [0, 0.1) is 0 Å². The standard InChI is InChI=1S/C24H25NO2S/c1-2-18-13-15-21(16-14-18)24(19-9-5-3-6-10-19,20-11-7-4-8-12-20)28-17-22(25)23(26)27/h3-16,22H,2,17,25H2,1H3,(H,26,27)/t22-/m0/s1. The van der Waals surface area contributed by atoms with E-state index in [9.17, 15) is 9.90 Å². The van der Waals surface area contributed by atoms with E-state index in [-0.39, 0.29) is 0 Å². The molecule has 1 atom stereocenters. The Hall–Kier alpha value is -2.56. The van der Waals surface area contributed by atoms with Crippen molar-refractivity contribution in [3.05, 3.63) is 107 Å². The fourth-order valence-electron chi connectivity index (χ4n) is 3.36. The van der Waals surface area contributed by atoms with E-state index in [0.717, 1.165) is 23.1 Å². The highest BCUT2D eigenvalue weighted by Crippen LogP contribution is 2.48. The molecule has 3 nitrogen and oxygen atoms in total. The molecular formula is C24H25NO2S. The first-order valence-corrected chi connectivity index (χ1v) is 10.4. The second kappa shape index (κ2) is 9.09. The first-order chi connectivity index (χ1) is 13.6. The summed E-state index contributed by atoms with van der Waals surface area (Å²) >= 11 is 1.57. The highest BCUT2D eigenvalue weighted by atomic mass is 32.2. The Morgan fingerprint density at radius 3 is 1.79 bits per heavy atom. The van der Waals surface area contributed by atoms with Crippen molar-refractivity contribution >= 4 is 17.7 Å². The average Bonchev–Trinajstić information content (AvgIpc) is 2.76. The Bertz CT molecular complexity index is 855. The summed E-state index contributed by atoms with van der Waals surface area (Å²) in [5.74, 6) is -0.682. The largest absolute Gasteiger partial charge is 0.480 e. The van der Waals surface area contributed by atoms with Crippen LogP contribution in [0.4, 0.5) is 0 Å². The molecule has 3 rings (SSSR count). The van der Waals surface area contributed by atoms with E-state index in [1.165, 1.54) is 5.56 Å². The van der Waals surface area contributed by atoms with E-state index in [2.05, 4.69) is 55.5 Å². The van der Waals surface area contributed by atoms with E-state index in [4.69, 9.17) is 5.73 Å². The maximum absolute atomic E-state index is 11.4. The van der Waals surface area contributed by atoms with Gasteiger partial charge in [-0.25, -0.2) is 0 Å². The summed E-state index contributed by atoms with van der Waals surface area (Å²) in [6.45, 7) is 2.14. The van der Waals surface area contributed by atoms with Gasteiger partial charge in [-0.3, -0.25) is 4.79 Å². The lowest BCUT2D eigenvalue weighted by Crippen LogP contribution is -2.36. The van der Waals surface area contributed by atoms with Crippen LogP contribution in [0.5, 0.6) is 0 Å². The van der Waals surface area contributed by atoms with Crippen molar-refractivity contribution in [2.75, 3.05) is 5.75 Å². The van der Waals surface area contributed by atoms with Crippen molar-refractivity contribution in [2.45, 2.75) is 24.1 Å². The molecule has 0 saturated carbocycles. The molecular weight excluding hydrogens is 366 g/mol. The summed E-state index contributed by atoms with van der Waals surface area (Å²) in [7, 11) is 0. The highest BCUT2D eigenvalue weighted by Gasteiger charge is 2.37. The molecule has 3 N–H and O–H groups in total. The summed E-state index contributed by atoms with van der Waals surface area (Å²) in [6, 6.07) is 28.1. The van der Waals surface area contributed by atoms with Gasteiger partial charge in [-0.05, 0) is 28.7 Å². The molecule has 0 spiro atoms. The summed E-state index contributed by atoms with van der Waals surface area (Å²) in [5.41, 5.74) is 10.5. The van der Waals surface area contributed by atoms with Crippen molar-refractivity contribution in [3.63, 3.8) is 0 Å². The molecule has 0 saturated heterocycles. The van der Waals surface area contributed by atoms with Crippen LogP contribution in [0.25, 0.3) is 0 Å². The van der Waals surface area contributed by atoms with Gasteiger partial charge in [0.15, 0.2) is 0 Å². The molecule has 0 heterocycles. The van der Waals surface area contributed by atoms with Gasteiger partial charge in [0.25, 0.3) is 0 Å². The average molecular weight is 392 g/mol. The Morgan fingerprint density at radius 1 is 0.893 bits per heavy atom. The minimum absolute atomic E-state index is 0.300. The van der Waals surface area contributed by atoms with Crippen LogP contribution in [0.15, 0.2) is 84.9 Å². The topological polar surface area (TPSA) is 63.3 Å². The summed E-state index contributed by atoms with van der Waals surface area (Å²) < 4.78 is -0.540. The lowest BCUT2D eigenvalue weighted by atomic mass is 9.83. The molecule has 0 amide bonds. The van der Waals surface area contributed by atoms with Crippen LogP contribution in [-0.2, 0) is 16.0 Å². The first-order valence-electron chi connectivity index (χ1n) is 9.40. The number of aryl methyl sites for hydroxylation is 1. The smallest absolute Gasteiger partial charge is 0.321 e. The molecule has 0 radical (unpaired) electrons. The number of hydrogen-bond donors (Lipinski definition) is 2. The van der Waals surface area contributed by atoms with Gasteiger partial charge < -0.3 is 10.8 Å². The van der Waals surface area contributed by atoms with Crippen molar-refractivity contribution < 1.29 is 9.90 Å². The highest BCUT2D eigenvalue weighted by molar-refractivity contribution is 8.00. The van der Waals surface area contributed by atoms with Gasteiger partial charge in [0, 0.05) is 5.75 Å². The van der Waals surface area contributed by atoms with Crippen LogP contribution in [0.2, 0.25) is 0 Å². The zero-order valence-electron chi connectivity index (χ0n) is 15.9. The van der Waals surface area contributed by atoms with Crippen molar-refractivity contribution in [2.24, 2.45) is 5.73 Å². The van der Waals surface area contributed by atoms with Crippen LogP contribution >= 0.6 is 11.8 Å². The van der Waals surface area contributed by atoms with Crippen LogP contribution in [0.3, 0.4) is 0 Å². The van der Waals surface area contributed by atoms with Gasteiger partial charge in [-0.2, -0.15) is 0 Å². The third-order valence-electron chi connectivity index (χ3n) is 4.93. The zero-order valence-corrected chi connectivity index (χ0v) is 16.7. The monoisotopic (exact) mass is 391 g/mol. The summed E-state index contributed by atoms with van der Waals surface area (Å²) in [5, 5.41) is 9.32. The quantitative estimate of drug-likeness (QED) is 0.547. The number of benzene rings is 3. The molecule has 0 aromatic heterocycles. The number of carbonyl (C=O) groups is 1. The maximum atomic E-state index is 11.4. The Balaban J connectivity index is 2.20. The van der Waals surface area contributed by atoms with Crippen molar-refractivity contribution in [3.8, 4) is 0 Å². The van der Waals surface area contributed by atoms with E-state index in [0.29, 0.717) is 5.75 Å². The minimum atomic E-state index is -0.983. The predicted octanol–water partition coefficient (Wildman–Crippen LogP) is 4.69. The third-order valence-corrected chi connectivity index (χ3v) is 6.59. The molecule has 144 valence electrons. The Morgan fingerprint density at radius 2 is 1.36 bits per heavy atom. The second-order valence-corrected chi connectivity index (χ2v) is 7.95. The first kappa shape index (κ1) is 20.2.